The summed E-state index contributed by atoms with van der Waals surface area (Å²) in [5.41, 5.74) is 3.70. The second kappa shape index (κ2) is 9.62. The van der Waals surface area contributed by atoms with Crippen molar-refractivity contribution in [2.24, 2.45) is 7.05 Å². The molecular weight excluding hydrogens is 412 g/mol. The van der Waals surface area contributed by atoms with Crippen molar-refractivity contribution in [3.8, 4) is 0 Å². The molecule has 0 aliphatic heterocycles. The third-order valence-corrected chi connectivity index (χ3v) is 7.52. The van der Waals surface area contributed by atoms with Gasteiger partial charge in [0.15, 0.2) is 0 Å². The lowest BCUT2D eigenvalue weighted by Gasteiger charge is -2.18. The molecule has 3 aromatic rings. The molecule has 0 bridgehead atoms. The summed E-state index contributed by atoms with van der Waals surface area (Å²) in [7, 11) is -1.66. The molecule has 0 spiro atoms. The first-order chi connectivity index (χ1) is 14.8. The molecule has 1 N–H and O–H groups in total. The molecule has 8 heteroatoms. The van der Waals surface area contributed by atoms with Crippen LogP contribution in [0.3, 0.4) is 0 Å². The molecule has 0 saturated heterocycles. The zero-order valence-electron chi connectivity index (χ0n) is 18.6. The van der Waals surface area contributed by atoms with Crippen molar-refractivity contribution in [3.05, 3.63) is 59.4 Å². The molecule has 0 unspecified atom stereocenters. The Balaban J connectivity index is 1.69. The van der Waals surface area contributed by atoms with Gasteiger partial charge in [-0.05, 0) is 30.7 Å². The van der Waals surface area contributed by atoms with E-state index in [0.717, 1.165) is 16.9 Å². The van der Waals surface area contributed by atoms with Gasteiger partial charge in [0.05, 0.1) is 15.9 Å². The number of rotatable bonds is 9. The Hall–Kier alpha value is -2.71. The van der Waals surface area contributed by atoms with Crippen molar-refractivity contribution in [1.82, 2.24) is 19.2 Å². The quantitative estimate of drug-likeness (QED) is 0.552. The maximum atomic E-state index is 12.8. The second-order valence-electron chi connectivity index (χ2n) is 7.59. The summed E-state index contributed by atoms with van der Waals surface area (Å²) in [6.07, 6.45) is 0.788. The van der Waals surface area contributed by atoms with E-state index in [4.69, 9.17) is 0 Å². The lowest BCUT2D eigenvalue weighted by atomic mass is 10.1. The number of carbonyl (C=O) groups excluding carboxylic acids is 1. The van der Waals surface area contributed by atoms with E-state index in [2.05, 4.69) is 10.3 Å². The molecule has 7 nitrogen and oxygen atoms in total. The fourth-order valence-electron chi connectivity index (χ4n) is 3.55. The highest BCUT2D eigenvalue weighted by molar-refractivity contribution is 7.89. The Bertz CT molecular complexity index is 1160. The largest absolute Gasteiger partial charge is 0.352 e. The van der Waals surface area contributed by atoms with Gasteiger partial charge < -0.3 is 9.88 Å². The van der Waals surface area contributed by atoms with Crippen LogP contribution >= 0.6 is 0 Å². The van der Waals surface area contributed by atoms with Gasteiger partial charge in [-0.15, -0.1) is 0 Å². The molecule has 3 rings (SSSR count). The fraction of sp³-hybridized carbons (Fsp3) is 0.391. The van der Waals surface area contributed by atoms with Crippen LogP contribution in [-0.2, 0) is 34.8 Å². The van der Waals surface area contributed by atoms with Crippen LogP contribution in [0.15, 0.2) is 47.4 Å². The van der Waals surface area contributed by atoms with Crippen LogP contribution in [0.25, 0.3) is 11.0 Å². The zero-order chi connectivity index (χ0) is 22.6. The molecule has 0 aliphatic carbocycles. The van der Waals surface area contributed by atoms with E-state index in [1.165, 1.54) is 9.87 Å². The number of carbonyl (C=O) groups is 1. The first kappa shape index (κ1) is 23.0. The summed E-state index contributed by atoms with van der Waals surface area (Å²) >= 11 is 0. The summed E-state index contributed by atoms with van der Waals surface area (Å²) in [6, 6.07) is 13.1. The van der Waals surface area contributed by atoms with Crippen LogP contribution in [0, 0.1) is 6.92 Å². The van der Waals surface area contributed by atoms with Crippen molar-refractivity contribution in [1.29, 1.82) is 0 Å². The summed E-state index contributed by atoms with van der Waals surface area (Å²) in [6.45, 7) is 7.00. The molecule has 1 aromatic heterocycles. The number of nitrogens with one attached hydrogen (secondary N) is 1. The summed E-state index contributed by atoms with van der Waals surface area (Å²) in [5, 5.41) is 2.94. The van der Waals surface area contributed by atoms with Crippen LogP contribution in [-0.4, -0.2) is 41.3 Å². The van der Waals surface area contributed by atoms with Crippen molar-refractivity contribution in [3.63, 3.8) is 0 Å². The average molecular weight is 443 g/mol. The number of imidazole rings is 1. The fourth-order valence-corrected chi connectivity index (χ4v) is 5.03. The predicted molar refractivity (Wildman–Crippen MR) is 122 cm³/mol. The van der Waals surface area contributed by atoms with Crippen LogP contribution in [0.5, 0.6) is 0 Å². The molecule has 0 atom stereocenters. The Labute approximate surface area is 184 Å². The number of aryl methyl sites for hydroxylation is 3. The Kier molecular flexibility index (Phi) is 7.12. The molecule has 0 fully saturated rings. The van der Waals surface area contributed by atoms with Gasteiger partial charge in [0.2, 0.25) is 15.9 Å². The van der Waals surface area contributed by atoms with Gasteiger partial charge in [-0.1, -0.05) is 43.7 Å². The minimum absolute atomic E-state index is 0.0440. The van der Waals surface area contributed by atoms with Gasteiger partial charge in [-0.3, -0.25) is 4.79 Å². The van der Waals surface area contributed by atoms with E-state index in [1.807, 2.05) is 56.7 Å². The molecule has 1 amide bonds. The number of benzene rings is 2. The molecule has 166 valence electrons. The Morgan fingerprint density at radius 1 is 1.10 bits per heavy atom. The van der Waals surface area contributed by atoms with Gasteiger partial charge in [0.25, 0.3) is 0 Å². The van der Waals surface area contributed by atoms with E-state index >= 15 is 0 Å². The van der Waals surface area contributed by atoms with Crippen LogP contribution in [0.1, 0.15) is 37.2 Å². The molecule has 1 heterocycles. The Morgan fingerprint density at radius 3 is 2.42 bits per heavy atom. The maximum Gasteiger partial charge on any atom is 0.243 e. The third-order valence-electron chi connectivity index (χ3n) is 5.47. The first-order valence-corrected chi connectivity index (χ1v) is 12.0. The van der Waals surface area contributed by atoms with E-state index in [-0.39, 0.29) is 10.8 Å². The van der Waals surface area contributed by atoms with Gasteiger partial charge in [0.1, 0.15) is 5.82 Å². The van der Waals surface area contributed by atoms with Crippen LogP contribution in [0.4, 0.5) is 0 Å². The topological polar surface area (TPSA) is 84.3 Å². The van der Waals surface area contributed by atoms with Gasteiger partial charge in [-0.25, -0.2) is 13.4 Å². The highest BCUT2D eigenvalue weighted by atomic mass is 32.2. The molecular formula is C23H30N4O3S. The number of hydrogen-bond donors (Lipinski definition) is 1. The number of nitrogens with zero attached hydrogens (tertiary/aromatic N) is 3. The molecule has 31 heavy (non-hydrogen) atoms. The highest BCUT2D eigenvalue weighted by Crippen LogP contribution is 2.22. The normalized spacial score (nSPS) is 11.9. The summed E-state index contributed by atoms with van der Waals surface area (Å²) in [5.74, 6) is 0.704. The first-order valence-electron chi connectivity index (χ1n) is 10.5. The lowest BCUT2D eigenvalue weighted by Crippen LogP contribution is -2.30. The van der Waals surface area contributed by atoms with Gasteiger partial charge in [-0.2, -0.15) is 4.31 Å². The minimum atomic E-state index is -3.54. The lowest BCUT2D eigenvalue weighted by molar-refractivity contribution is -0.121. The molecule has 0 aliphatic rings. The highest BCUT2D eigenvalue weighted by Gasteiger charge is 2.22. The van der Waals surface area contributed by atoms with Crippen molar-refractivity contribution in [2.45, 2.75) is 45.1 Å². The zero-order valence-corrected chi connectivity index (χ0v) is 19.4. The maximum absolute atomic E-state index is 12.8. The predicted octanol–water partition coefficient (Wildman–Crippen LogP) is 3.16. The average Bonchev–Trinajstić information content (AvgIpc) is 3.07. The number of sulfonamides is 1. The SMILES string of the molecule is CCN(CC)S(=O)(=O)c1ccc2c(c1)nc(CCC(=O)NCc1ccc(C)cc1)n2C. The Morgan fingerprint density at radius 2 is 1.77 bits per heavy atom. The second-order valence-corrected chi connectivity index (χ2v) is 9.53. The van der Waals surface area contributed by atoms with E-state index in [9.17, 15) is 13.2 Å². The van der Waals surface area contributed by atoms with E-state index < -0.39 is 10.0 Å². The molecule has 0 radical (unpaired) electrons. The van der Waals surface area contributed by atoms with Crippen molar-refractivity contribution >= 4 is 27.0 Å². The molecule has 0 saturated carbocycles. The smallest absolute Gasteiger partial charge is 0.243 e. The summed E-state index contributed by atoms with van der Waals surface area (Å²) in [4.78, 5) is 17.1. The van der Waals surface area contributed by atoms with E-state index in [1.54, 1.807) is 18.2 Å². The number of hydrogen-bond acceptors (Lipinski definition) is 4. The van der Waals surface area contributed by atoms with Gasteiger partial charge in [0, 0.05) is 39.5 Å². The van der Waals surface area contributed by atoms with Crippen molar-refractivity contribution < 1.29 is 13.2 Å². The van der Waals surface area contributed by atoms with Crippen molar-refractivity contribution in [2.75, 3.05) is 13.1 Å². The standard InChI is InChI=1S/C23H30N4O3S/c1-5-27(6-2)31(29,30)19-11-12-21-20(15-19)25-22(26(21)4)13-14-23(28)24-16-18-9-7-17(3)8-10-18/h7-12,15H,5-6,13-14,16H2,1-4H3,(H,24,28). The number of fused-ring (bicyclic) bond motifs is 1. The molecule has 2 aromatic carbocycles. The third kappa shape index (κ3) is 5.14. The van der Waals surface area contributed by atoms with E-state index in [0.29, 0.717) is 38.0 Å². The number of aromatic nitrogens is 2. The van der Waals surface area contributed by atoms with Crippen LogP contribution in [0.2, 0.25) is 0 Å². The minimum Gasteiger partial charge on any atom is -0.352 e. The monoisotopic (exact) mass is 442 g/mol. The number of amides is 1. The summed E-state index contributed by atoms with van der Waals surface area (Å²) < 4.78 is 28.9. The van der Waals surface area contributed by atoms with Gasteiger partial charge >= 0.3 is 0 Å². The van der Waals surface area contributed by atoms with Crippen LogP contribution < -0.4 is 5.32 Å².